The first kappa shape index (κ1) is 40.8. The van der Waals surface area contributed by atoms with Crippen molar-refractivity contribution < 1.29 is 0 Å². The Morgan fingerprint density at radius 3 is 1.61 bits per heavy atom. The molecule has 2 heteroatoms. The van der Waals surface area contributed by atoms with Gasteiger partial charge in [0.05, 0.1) is 27.8 Å². The van der Waals surface area contributed by atoms with Crippen LogP contribution >= 0.6 is 0 Å². The van der Waals surface area contributed by atoms with Gasteiger partial charge in [-0.1, -0.05) is 224 Å². The normalized spacial score (nSPS) is 12.6. The van der Waals surface area contributed by atoms with E-state index in [1.165, 1.54) is 82.3 Å². The minimum Gasteiger partial charge on any atom is -0.309 e. The summed E-state index contributed by atoms with van der Waals surface area (Å²) in [4.78, 5) is 2.43. The van der Waals surface area contributed by atoms with Crippen LogP contribution < -0.4 is 4.90 Å². The summed E-state index contributed by atoms with van der Waals surface area (Å²) in [5.41, 5.74) is 18.6. The van der Waals surface area contributed by atoms with E-state index in [0.29, 0.717) is 0 Å². The van der Waals surface area contributed by atoms with Crippen LogP contribution in [0.1, 0.15) is 22.3 Å². The molecule has 1 heterocycles. The summed E-state index contributed by atoms with van der Waals surface area (Å²) in [6.07, 6.45) is 0. The maximum atomic E-state index is 2.53. The first-order chi connectivity index (χ1) is 35.2. The molecule has 1 aromatic heterocycles. The number of hydrogen-bond donors (Lipinski definition) is 0. The van der Waals surface area contributed by atoms with Gasteiger partial charge in [-0.3, -0.25) is 0 Å². The first-order valence-corrected chi connectivity index (χ1v) is 24.6. The molecule has 0 unspecified atom stereocenters. The van der Waals surface area contributed by atoms with Gasteiger partial charge in [-0.25, -0.2) is 0 Å². The van der Waals surface area contributed by atoms with Crippen molar-refractivity contribution in [3.8, 4) is 39.1 Å². The minimum atomic E-state index is -0.521. The summed E-state index contributed by atoms with van der Waals surface area (Å²) in [5.74, 6) is 0. The van der Waals surface area contributed by atoms with Crippen LogP contribution in [0, 0.1) is 0 Å². The molecule has 14 rings (SSSR count). The van der Waals surface area contributed by atoms with E-state index in [1.807, 2.05) is 0 Å². The molecule has 0 fully saturated rings. The largest absolute Gasteiger partial charge is 0.309 e. The monoisotopic (exact) mass is 902 g/mol. The van der Waals surface area contributed by atoms with Crippen LogP contribution in [0.25, 0.3) is 82.4 Å². The molecular weight excluding hydrogens is 857 g/mol. The molecule has 0 saturated heterocycles. The summed E-state index contributed by atoms with van der Waals surface area (Å²) in [5, 5.41) is 7.32. The van der Waals surface area contributed by atoms with Gasteiger partial charge in [-0.05, 0) is 121 Å². The van der Waals surface area contributed by atoms with Crippen molar-refractivity contribution in [1.29, 1.82) is 0 Å². The maximum absolute atomic E-state index is 2.53. The second kappa shape index (κ2) is 16.5. The summed E-state index contributed by atoms with van der Waals surface area (Å²) in [6, 6.07) is 103. The molecule has 71 heavy (non-hydrogen) atoms. The van der Waals surface area contributed by atoms with Gasteiger partial charge in [0.1, 0.15) is 0 Å². The Hall–Kier alpha value is -9.24. The topological polar surface area (TPSA) is 8.17 Å². The lowest BCUT2D eigenvalue weighted by molar-refractivity contribution is 0.767. The van der Waals surface area contributed by atoms with E-state index in [0.717, 1.165) is 39.4 Å². The van der Waals surface area contributed by atoms with Gasteiger partial charge in [0.2, 0.25) is 0 Å². The Morgan fingerprint density at radius 1 is 0.296 bits per heavy atom. The maximum Gasteiger partial charge on any atom is 0.0714 e. The zero-order valence-corrected chi connectivity index (χ0v) is 39.0. The van der Waals surface area contributed by atoms with Crippen molar-refractivity contribution in [3.05, 3.63) is 301 Å². The van der Waals surface area contributed by atoms with Gasteiger partial charge >= 0.3 is 0 Å². The highest BCUT2D eigenvalue weighted by molar-refractivity contribution is 6.15. The molecule has 0 N–H and O–H groups in total. The van der Waals surface area contributed by atoms with Crippen LogP contribution in [0.4, 0.5) is 17.1 Å². The Balaban J connectivity index is 1.01. The third kappa shape index (κ3) is 6.35. The Morgan fingerprint density at radius 2 is 0.845 bits per heavy atom. The lowest BCUT2D eigenvalue weighted by Crippen LogP contribution is -2.28. The van der Waals surface area contributed by atoms with E-state index in [9.17, 15) is 0 Å². The number of anilines is 3. The van der Waals surface area contributed by atoms with E-state index in [4.69, 9.17) is 0 Å². The number of aromatic nitrogens is 1. The molecule has 0 spiro atoms. The second-order valence-electron chi connectivity index (χ2n) is 18.8. The predicted octanol–water partition coefficient (Wildman–Crippen LogP) is 18.3. The quantitative estimate of drug-likeness (QED) is 0.147. The van der Waals surface area contributed by atoms with Gasteiger partial charge in [0.15, 0.2) is 0 Å². The highest BCUT2D eigenvalue weighted by atomic mass is 15.1. The molecule has 0 aliphatic heterocycles. The minimum absolute atomic E-state index is 0.521. The molecule has 2 nitrogen and oxygen atoms in total. The summed E-state index contributed by atoms with van der Waals surface area (Å²) < 4.78 is 2.53. The molecule has 0 radical (unpaired) electrons. The molecule has 0 atom stereocenters. The fourth-order valence-corrected chi connectivity index (χ4v) is 12.0. The van der Waals surface area contributed by atoms with E-state index in [-0.39, 0.29) is 0 Å². The van der Waals surface area contributed by atoms with Crippen LogP contribution in [0.5, 0.6) is 0 Å². The van der Waals surface area contributed by atoms with Gasteiger partial charge < -0.3 is 9.47 Å². The average molecular weight is 903 g/mol. The van der Waals surface area contributed by atoms with Gasteiger partial charge in [0.25, 0.3) is 0 Å². The van der Waals surface area contributed by atoms with E-state index < -0.39 is 5.41 Å². The zero-order valence-electron chi connectivity index (χ0n) is 39.0. The van der Waals surface area contributed by atoms with Crippen LogP contribution in [-0.4, -0.2) is 4.57 Å². The van der Waals surface area contributed by atoms with Crippen LogP contribution in [0.15, 0.2) is 279 Å². The number of hydrogen-bond acceptors (Lipinski definition) is 1. The molecule has 12 aromatic carbocycles. The fourth-order valence-electron chi connectivity index (χ4n) is 12.0. The molecule has 0 bridgehead atoms. The van der Waals surface area contributed by atoms with Crippen molar-refractivity contribution >= 4 is 60.4 Å². The molecule has 0 amide bonds. The van der Waals surface area contributed by atoms with Gasteiger partial charge in [0, 0.05) is 33.1 Å². The smallest absolute Gasteiger partial charge is 0.0714 e. The summed E-state index contributed by atoms with van der Waals surface area (Å²) in [6.45, 7) is 0. The number of nitrogens with zero attached hydrogens (tertiary/aromatic N) is 2. The summed E-state index contributed by atoms with van der Waals surface area (Å²) in [7, 11) is 0. The number of rotatable bonds is 8. The Labute approximate surface area is 413 Å². The number of benzene rings is 12. The highest BCUT2D eigenvalue weighted by Crippen LogP contribution is 2.57. The van der Waals surface area contributed by atoms with E-state index in [1.54, 1.807) is 0 Å². The molecule has 13 aromatic rings. The summed E-state index contributed by atoms with van der Waals surface area (Å²) >= 11 is 0. The van der Waals surface area contributed by atoms with Crippen molar-refractivity contribution in [2.24, 2.45) is 0 Å². The SMILES string of the molecule is c1ccc(N(c2ccccc2-c2ccccc2-c2ccc3c4cc5ccccc5cc4n(-c4ccc5c(c4)C(c4ccccc4)(c4ccccc4)c4ccccc4-5)c3c2)c2cccc3ccccc23)cc1. The Kier molecular flexibility index (Phi) is 9.47. The second-order valence-corrected chi connectivity index (χ2v) is 18.8. The third-order valence-electron chi connectivity index (χ3n) is 15.0. The lowest BCUT2D eigenvalue weighted by atomic mass is 9.67. The average Bonchev–Trinajstić information content (AvgIpc) is 3.92. The van der Waals surface area contributed by atoms with Crippen molar-refractivity contribution in [2.45, 2.75) is 5.41 Å². The van der Waals surface area contributed by atoms with Gasteiger partial charge in [-0.2, -0.15) is 0 Å². The molecule has 332 valence electrons. The van der Waals surface area contributed by atoms with E-state index >= 15 is 0 Å². The van der Waals surface area contributed by atoms with Crippen molar-refractivity contribution in [2.75, 3.05) is 4.90 Å². The zero-order chi connectivity index (χ0) is 46.9. The lowest BCUT2D eigenvalue weighted by Gasteiger charge is -2.34. The van der Waals surface area contributed by atoms with Gasteiger partial charge in [-0.15, -0.1) is 0 Å². The molecule has 0 saturated carbocycles. The number of fused-ring (bicyclic) bond motifs is 8. The third-order valence-corrected chi connectivity index (χ3v) is 15.0. The fraction of sp³-hybridized carbons (Fsp3) is 0.0145. The first-order valence-electron chi connectivity index (χ1n) is 24.6. The van der Waals surface area contributed by atoms with Crippen LogP contribution in [0.2, 0.25) is 0 Å². The Bertz CT molecular complexity index is 4120. The standard InChI is InChI=1S/C69H46N2/c1-4-25-51(26-5-1)69(52-27-6-2-7-28-52)63-36-18-16-34-58(63)59-42-40-54(46-64(59)69)71-67-45-50(39-41-61(67)62-43-48-22-10-11-23-49(48)44-68(62)71)55-31-14-15-33-57(55)60-35-17-19-37-66(60)70(53-29-8-3-9-30-53)65-38-20-24-47-21-12-13-32-56(47)65/h1-46H. The molecular formula is C69H46N2. The van der Waals surface area contributed by atoms with Crippen molar-refractivity contribution in [3.63, 3.8) is 0 Å². The van der Waals surface area contributed by atoms with Crippen LogP contribution in [0.3, 0.4) is 0 Å². The van der Waals surface area contributed by atoms with Crippen molar-refractivity contribution in [1.82, 2.24) is 4.57 Å². The van der Waals surface area contributed by atoms with Crippen LogP contribution in [-0.2, 0) is 5.41 Å². The predicted molar refractivity (Wildman–Crippen MR) is 299 cm³/mol. The molecule has 1 aliphatic carbocycles. The number of para-hydroxylation sites is 2. The molecule has 1 aliphatic rings. The van der Waals surface area contributed by atoms with E-state index in [2.05, 4.69) is 289 Å². The highest BCUT2D eigenvalue weighted by Gasteiger charge is 2.46.